The molecule has 1 aliphatic carbocycles. The summed E-state index contributed by atoms with van der Waals surface area (Å²) in [5.74, 6) is 0.456. The van der Waals surface area contributed by atoms with Crippen LogP contribution in [0, 0.1) is 15.5 Å². The lowest BCUT2D eigenvalue weighted by Crippen LogP contribution is -2.47. The van der Waals surface area contributed by atoms with E-state index in [1.807, 2.05) is 47.5 Å². The second-order valence-corrected chi connectivity index (χ2v) is 20.9. The van der Waals surface area contributed by atoms with E-state index in [0.717, 1.165) is 93.1 Å². The molecule has 6 heterocycles. The molecule has 1 saturated heterocycles. The van der Waals surface area contributed by atoms with Crippen LogP contribution in [0.2, 0.25) is 5.02 Å². The number of allylic oxidation sites excluding steroid dienone is 1. The fourth-order valence-electron chi connectivity index (χ4n) is 9.87. The number of sulfonamides is 1. The van der Waals surface area contributed by atoms with E-state index in [1.54, 1.807) is 18.5 Å². The minimum atomic E-state index is -4.58. The number of hydrogen-bond acceptors (Lipinski definition) is 13. The first-order valence-corrected chi connectivity index (χ1v) is 24.9. The van der Waals surface area contributed by atoms with Gasteiger partial charge < -0.3 is 29.4 Å². The van der Waals surface area contributed by atoms with Crippen molar-refractivity contribution in [2.75, 3.05) is 80.6 Å². The van der Waals surface area contributed by atoms with Gasteiger partial charge in [-0.1, -0.05) is 43.2 Å². The molecule has 1 amide bonds. The van der Waals surface area contributed by atoms with Gasteiger partial charge >= 0.3 is 0 Å². The summed E-state index contributed by atoms with van der Waals surface area (Å²) in [6.07, 6.45) is 8.71. The molecule has 0 bridgehead atoms. The van der Waals surface area contributed by atoms with Gasteiger partial charge in [-0.3, -0.25) is 24.7 Å². The number of aromatic nitrogens is 4. The molecule has 0 spiro atoms. The van der Waals surface area contributed by atoms with Gasteiger partial charge in [0.05, 0.1) is 34.2 Å². The number of imidazole rings is 1. The van der Waals surface area contributed by atoms with Crippen molar-refractivity contribution >= 4 is 72.6 Å². The third-order valence-electron chi connectivity index (χ3n) is 13.6. The van der Waals surface area contributed by atoms with Gasteiger partial charge in [0.25, 0.3) is 21.6 Å². The predicted octanol–water partition coefficient (Wildman–Crippen LogP) is 7.68. The second kappa shape index (κ2) is 18.6. The Morgan fingerprint density at radius 2 is 1.76 bits per heavy atom. The number of rotatable bonds is 13. The van der Waals surface area contributed by atoms with E-state index in [-0.39, 0.29) is 23.3 Å². The standard InChI is InChI=1S/C49H54ClN11O6S/c1-49(2)13-11-35(40(30-49)33-3-5-36(50)6-4-33)31-57-19-22-58(23-20-57)37-7-9-39(42(28-37)60-25-26-67-48-44(60)27-34-12-14-53-46(34)54-48)47(62)55-68(65,66)38-8-10-41(43(29-38)61(63)64)51-15-17-56-21-24-59-18-16-52-45(59)32-56/h3-10,12,14,16,18,27-29,51H,11,13,15,17,19-26,30-32H2,1-2H3,(H,53,54)(H,55,62). The number of hydrogen-bond donors (Lipinski definition) is 3. The highest BCUT2D eigenvalue weighted by Crippen LogP contribution is 2.44. The Morgan fingerprint density at radius 3 is 2.57 bits per heavy atom. The highest BCUT2D eigenvalue weighted by atomic mass is 35.5. The number of halogens is 1. The molecule has 10 rings (SSSR count). The van der Waals surface area contributed by atoms with Gasteiger partial charge in [-0.25, -0.2) is 18.1 Å². The zero-order valence-corrected chi connectivity index (χ0v) is 39.7. The lowest BCUT2D eigenvalue weighted by atomic mass is 9.72. The van der Waals surface area contributed by atoms with Crippen molar-refractivity contribution < 1.29 is 22.9 Å². The van der Waals surface area contributed by atoms with Gasteiger partial charge in [0.1, 0.15) is 29.5 Å². The number of nitrogens with zero attached hydrogens (tertiary/aromatic N) is 8. The van der Waals surface area contributed by atoms with E-state index in [9.17, 15) is 23.3 Å². The van der Waals surface area contributed by atoms with Crippen LogP contribution in [0.4, 0.5) is 28.4 Å². The normalized spacial score (nSPS) is 17.7. The fraction of sp³-hybridized carbons (Fsp3) is 0.367. The Labute approximate surface area is 399 Å². The van der Waals surface area contributed by atoms with Crippen LogP contribution in [0.25, 0.3) is 16.6 Å². The van der Waals surface area contributed by atoms with Crippen LogP contribution in [-0.4, -0.2) is 114 Å². The molecule has 3 aliphatic heterocycles. The summed E-state index contributed by atoms with van der Waals surface area (Å²) in [4.78, 5) is 46.8. The van der Waals surface area contributed by atoms with E-state index < -0.39 is 31.4 Å². The summed E-state index contributed by atoms with van der Waals surface area (Å²) < 4.78 is 38.3. The number of ether oxygens (including phenoxy) is 1. The van der Waals surface area contributed by atoms with Crippen molar-refractivity contribution in [3.63, 3.8) is 0 Å². The SMILES string of the molecule is CC1(C)CCC(CN2CCN(c3ccc(C(=O)NS(=O)(=O)c4ccc(NCCN5CCn6ccnc6C5)c([N+](=O)[O-])c4)c(N4CCOc5nc6[nH]ccc6cc54)c3)CC2)=C(c2ccc(Cl)cc2)C1. The molecule has 1 fully saturated rings. The van der Waals surface area contributed by atoms with Crippen molar-refractivity contribution in [3.8, 4) is 5.88 Å². The first kappa shape index (κ1) is 45.3. The number of pyridine rings is 1. The Kier molecular flexibility index (Phi) is 12.4. The molecule has 17 nitrogen and oxygen atoms in total. The van der Waals surface area contributed by atoms with Gasteiger partial charge in [-0.05, 0) is 90.4 Å². The number of carbonyl (C=O) groups excluding carboxylic acids is 1. The maximum absolute atomic E-state index is 14.4. The van der Waals surface area contributed by atoms with E-state index >= 15 is 0 Å². The Morgan fingerprint density at radius 1 is 0.956 bits per heavy atom. The predicted molar refractivity (Wildman–Crippen MR) is 263 cm³/mol. The van der Waals surface area contributed by atoms with Crippen LogP contribution in [-0.2, 0) is 23.1 Å². The lowest BCUT2D eigenvalue weighted by molar-refractivity contribution is -0.384. The minimum absolute atomic E-state index is 0.104. The number of nitrogens with one attached hydrogen (secondary N) is 3. The Balaban J connectivity index is 0.884. The molecule has 354 valence electrons. The Hall–Kier alpha value is -6.47. The Bertz CT molecular complexity index is 3030. The van der Waals surface area contributed by atoms with Gasteiger partial charge in [-0.2, -0.15) is 4.98 Å². The van der Waals surface area contributed by atoms with Crippen LogP contribution in [0.1, 0.15) is 54.9 Å². The number of amides is 1. The molecule has 0 radical (unpaired) electrons. The molecule has 3 aromatic carbocycles. The van der Waals surface area contributed by atoms with Crippen molar-refractivity contribution in [3.05, 3.63) is 129 Å². The molecule has 68 heavy (non-hydrogen) atoms. The number of aromatic amines is 1. The van der Waals surface area contributed by atoms with Gasteiger partial charge in [-0.15, -0.1) is 0 Å². The van der Waals surface area contributed by atoms with E-state index in [4.69, 9.17) is 21.3 Å². The number of benzene rings is 3. The average molecular weight is 961 g/mol. The molecule has 0 atom stereocenters. The topological polar surface area (TPSA) is 187 Å². The molecule has 19 heteroatoms. The number of carbonyl (C=O) groups is 1. The summed E-state index contributed by atoms with van der Waals surface area (Å²) in [6, 6.07) is 21.1. The molecule has 3 aromatic heterocycles. The van der Waals surface area contributed by atoms with E-state index in [1.165, 1.54) is 28.8 Å². The second-order valence-electron chi connectivity index (χ2n) is 18.7. The van der Waals surface area contributed by atoms with Gasteiger partial charge in [0, 0.05) is 99.7 Å². The smallest absolute Gasteiger partial charge is 0.293 e. The highest BCUT2D eigenvalue weighted by Gasteiger charge is 2.32. The summed E-state index contributed by atoms with van der Waals surface area (Å²) in [5, 5.41) is 17.0. The van der Waals surface area contributed by atoms with Gasteiger partial charge in [0.2, 0.25) is 5.88 Å². The quantitative estimate of drug-likeness (QED) is 0.0757. The third-order valence-corrected chi connectivity index (χ3v) is 15.2. The lowest BCUT2D eigenvalue weighted by Gasteiger charge is -2.39. The molecule has 0 saturated carbocycles. The van der Waals surface area contributed by atoms with Gasteiger partial charge in [0.15, 0.2) is 0 Å². The molecular formula is C49H54ClN11O6S. The largest absolute Gasteiger partial charge is 0.474 e. The van der Waals surface area contributed by atoms with Crippen LogP contribution in [0.15, 0.2) is 102 Å². The first-order chi connectivity index (χ1) is 32.8. The molecular weight excluding hydrogens is 906 g/mol. The van der Waals surface area contributed by atoms with Crippen LogP contribution < -0.4 is 24.6 Å². The highest BCUT2D eigenvalue weighted by molar-refractivity contribution is 7.90. The summed E-state index contributed by atoms with van der Waals surface area (Å²) in [6.45, 7) is 12.6. The summed E-state index contributed by atoms with van der Waals surface area (Å²) in [5.41, 5.74) is 6.85. The number of fused-ring (bicyclic) bond motifs is 3. The summed E-state index contributed by atoms with van der Waals surface area (Å²) in [7, 11) is -4.58. The zero-order valence-electron chi connectivity index (χ0n) is 38.1. The number of anilines is 4. The molecule has 0 unspecified atom stereocenters. The van der Waals surface area contributed by atoms with Crippen LogP contribution >= 0.6 is 11.6 Å². The van der Waals surface area contributed by atoms with Crippen molar-refractivity contribution in [2.45, 2.75) is 51.1 Å². The van der Waals surface area contributed by atoms with E-state index in [0.29, 0.717) is 49.1 Å². The zero-order chi connectivity index (χ0) is 47.2. The third kappa shape index (κ3) is 9.50. The van der Waals surface area contributed by atoms with Crippen molar-refractivity contribution in [1.29, 1.82) is 0 Å². The van der Waals surface area contributed by atoms with E-state index in [2.05, 4.69) is 65.3 Å². The van der Waals surface area contributed by atoms with Crippen LogP contribution in [0.3, 0.4) is 0 Å². The number of nitro groups is 1. The molecule has 6 aromatic rings. The van der Waals surface area contributed by atoms with Crippen LogP contribution in [0.5, 0.6) is 5.88 Å². The molecule has 4 aliphatic rings. The monoisotopic (exact) mass is 959 g/mol. The number of H-pyrrole nitrogens is 1. The maximum Gasteiger partial charge on any atom is 0.293 e. The molecule has 3 N–H and O–H groups in total. The average Bonchev–Trinajstić information content (AvgIpc) is 4.01. The minimum Gasteiger partial charge on any atom is -0.474 e. The van der Waals surface area contributed by atoms with Crippen molar-refractivity contribution in [2.24, 2.45) is 5.41 Å². The number of nitro benzene ring substituents is 1. The summed E-state index contributed by atoms with van der Waals surface area (Å²) >= 11 is 6.27. The number of piperazine rings is 1. The maximum atomic E-state index is 14.4. The fourth-order valence-corrected chi connectivity index (χ4v) is 11.0. The van der Waals surface area contributed by atoms with Crippen molar-refractivity contribution in [1.82, 2.24) is 34.0 Å². The first-order valence-electron chi connectivity index (χ1n) is 23.1.